The van der Waals surface area contributed by atoms with Gasteiger partial charge >= 0.3 is 0 Å². The van der Waals surface area contributed by atoms with Crippen molar-refractivity contribution >= 4 is 5.91 Å². The second kappa shape index (κ2) is 8.10. The van der Waals surface area contributed by atoms with Gasteiger partial charge in [0.25, 0.3) is 5.91 Å². The smallest absolute Gasteiger partial charge is 0.272 e. The standard InChI is InChI=1S/C20H21N5O3/c1-27-14-5-2-6-15(10-14)28-20-13(4-3-8-22-20)11-23-19(26)18-16-12-21-9-7-17(16)24-25-18/h2-6,8,10,21H,7,9,11-12H2,1H3,(H,23,26)(H,24,25). The first kappa shape index (κ1) is 18.0. The number of H-pyrrole nitrogens is 1. The van der Waals surface area contributed by atoms with Crippen LogP contribution in [-0.4, -0.2) is 34.7 Å². The number of carbonyl (C=O) groups is 1. The zero-order chi connectivity index (χ0) is 19.3. The number of benzene rings is 1. The largest absolute Gasteiger partial charge is 0.497 e. The molecule has 0 unspecified atom stereocenters. The molecular formula is C20H21N5O3. The van der Waals surface area contributed by atoms with E-state index in [1.807, 2.05) is 24.3 Å². The van der Waals surface area contributed by atoms with Crippen LogP contribution in [0, 0.1) is 0 Å². The summed E-state index contributed by atoms with van der Waals surface area (Å²) in [5.74, 6) is 1.51. The molecule has 28 heavy (non-hydrogen) atoms. The van der Waals surface area contributed by atoms with Gasteiger partial charge in [-0.15, -0.1) is 0 Å². The van der Waals surface area contributed by atoms with Crippen LogP contribution >= 0.6 is 0 Å². The molecule has 0 saturated heterocycles. The van der Waals surface area contributed by atoms with E-state index in [1.54, 1.807) is 25.4 Å². The molecule has 0 radical (unpaired) electrons. The maximum atomic E-state index is 12.6. The molecule has 144 valence electrons. The Kier molecular flexibility index (Phi) is 5.20. The zero-order valence-electron chi connectivity index (χ0n) is 15.5. The lowest BCUT2D eigenvalue weighted by atomic mass is 10.1. The van der Waals surface area contributed by atoms with E-state index in [9.17, 15) is 4.79 Å². The molecule has 8 heteroatoms. The van der Waals surface area contributed by atoms with Gasteiger partial charge < -0.3 is 20.1 Å². The molecule has 3 N–H and O–H groups in total. The predicted octanol–water partition coefficient (Wildman–Crippen LogP) is 2.18. The van der Waals surface area contributed by atoms with Gasteiger partial charge in [-0.2, -0.15) is 5.10 Å². The Balaban J connectivity index is 1.47. The van der Waals surface area contributed by atoms with Crippen molar-refractivity contribution in [2.45, 2.75) is 19.5 Å². The quantitative estimate of drug-likeness (QED) is 0.607. The summed E-state index contributed by atoms with van der Waals surface area (Å²) < 4.78 is 11.1. The number of rotatable bonds is 6. The van der Waals surface area contributed by atoms with Crippen molar-refractivity contribution in [1.82, 2.24) is 25.8 Å². The highest BCUT2D eigenvalue weighted by Crippen LogP contribution is 2.26. The fourth-order valence-electron chi connectivity index (χ4n) is 3.10. The second-order valence-electron chi connectivity index (χ2n) is 6.39. The first-order valence-corrected chi connectivity index (χ1v) is 9.05. The summed E-state index contributed by atoms with van der Waals surface area (Å²) in [5.41, 5.74) is 3.15. The van der Waals surface area contributed by atoms with Crippen molar-refractivity contribution in [1.29, 1.82) is 0 Å². The van der Waals surface area contributed by atoms with Crippen LogP contribution in [0.15, 0.2) is 42.6 Å². The predicted molar refractivity (Wildman–Crippen MR) is 102 cm³/mol. The number of aromatic amines is 1. The van der Waals surface area contributed by atoms with Crippen molar-refractivity contribution in [2.24, 2.45) is 0 Å². The third-order valence-corrected chi connectivity index (χ3v) is 4.57. The number of carbonyl (C=O) groups excluding carboxylic acids is 1. The SMILES string of the molecule is COc1cccc(Oc2ncccc2CNC(=O)c2n[nH]c3c2CNCC3)c1. The molecule has 1 aliphatic rings. The van der Waals surface area contributed by atoms with Crippen molar-refractivity contribution in [3.05, 3.63) is 65.1 Å². The van der Waals surface area contributed by atoms with E-state index in [1.165, 1.54) is 0 Å². The lowest BCUT2D eigenvalue weighted by Crippen LogP contribution is -2.28. The summed E-state index contributed by atoms with van der Waals surface area (Å²) in [7, 11) is 1.60. The third kappa shape index (κ3) is 3.81. The fraction of sp³-hybridized carbons (Fsp3) is 0.250. The lowest BCUT2D eigenvalue weighted by Gasteiger charge is -2.13. The van der Waals surface area contributed by atoms with Crippen molar-refractivity contribution in [3.8, 4) is 17.4 Å². The number of ether oxygens (including phenoxy) is 2. The van der Waals surface area contributed by atoms with E-state index in [-0.39, 0.29) is 12.5 Å². The summed E-state index contributed by atoms with van der Waals surface area (Å²) in [6.45, 7) is 1.81. The van der Waals surface area contributed by atoms with Crippen LogP contribution in [0.25, 0.3) is 0 Å². The number of nitrogens with one attached hydrogen (secondary N) is 3. The van der Waals surface area contributed by atoms with Gasteiger partial charge in [0, 0.05) is 55.1 Å². The van der Waals surface area contributed by atoms with Crippen molar-refractivity contribution < 1.29 is 14.3 Å². The van der Waals surface area contributed by atoms with Crippen LogP contribution < -0.4 is 20.1 Å². The van der Waals surface area contributed by atoms with Crippen LogP contribution in [0.2, 0.25) is 0 Å². The molecule has 1 aromatic carbocycles. The first-order valence-electron chi connectivity index (χ1n) is 9.05. The van der Waals surface area contributed by atoms with Gasteiger partial charge in [-0.05, 0) is 18.2 Å². The molecule has 3 heterocycles. The first-order chi connectivity index (χ1) is 13.7. The topological polar surface area (TPSA) is 101 Å². The maximum absolute atomic E-state index is 12.6. The second-order valence-corrected chi connectivity index (χ2v) is 6.39. The van der Waals surface area contributed by atoms with Gasteiger partial charge in [0.1, 0.15) is 11.5 Å². The Bertz CT molecular complexity index is 985. The molecular weight excluding hydrogens is 358 g/mol. The summed E-state index contributed by atoms with van der Waals surface area (Å²) in [4.78, 5) is 16.9. The molecule has 0 saturated carbocycles. The highest BCUT2D eigenvalue weighted by Gasteiger charge is 2.21. The molecule has 4 rings (SSSR count). The van der Waals surface area contributed by atoms with Crippen LogP contribution in [0.4, 0.5) is 0 Å². The summed E-state index contributed by atoms with van der Waals surface area (Å²) in [5, 5.41) is 13.3. The Morgan fingerprint density at radius 2 is 2.14 bits per heavy atom. The molecule has 2 aromatic heterocycles. The summed E-state index contributed by atoms with van der Waals surface area (Å²) >= 11 is 0. The van der Waals surface area contributed by atoms with Gasteiger partial charge in [0.2, 0.25) is 5.88 Å². The number of fused-ring (bicyclic) bond motifs is 1. The molecule has 0 bridgehead atoms. The zero-order valence-corrected chi connectivity index (χ0v) is 15.5. The summed E-state index contributed by atoms with van der Waals surface area (Å²) in [6, 6.07) is 11.0. The van der Waals surface area contributed by atoms with E-state index < -0.39 is 0 Å². The van der Waals surface area contributed by atoms with Gasteiger partial charge in [0.15, 0.2) is 5.69 Å². The van der Waals surface area contributed by atoms with Gasteiger partial charge in [-0.3, -0.25) is 9.89 Å². The number of nitrogens with zero attached hydrogens (tertiary/aromatic N) is 2. The molecule has 0 fully saturated rings. The van der Waals surface area contributed by atoms with E-state index in [4.69, 9.17) is 9.47 Å². The minimum Gasteiger partial charge on any atom is -0.497 e. The Hall–Kier alpha value is -3.39. The van der Waals surface area contributed by atoms with Crippen LogP contribution in [0.5, 0.6) is 17.4 Å². The molecule has 0 aliphatic carbocycles. The van der Waals surface area contributed by atoms with E-state index >= 15 is 0 Å². The molecule has 8 nitrogen and oxygen atoms in total. The fourth-order valence-corrected chi connectivity index (χ4v) is 3.10. The lowest BCUT2D eigenvalue weighted by molar-refractivity contribution is 0.0944. The number of methoxy groups -OCH3 is 1. The van der Waals surface area contributed by atoms with Gasteiger partial charge in [-0.1, -0.05) is 12.1 Å². The Labute approximate surface area is 162 Å². The third-order valence-electron chi connectivity index (χ3n) is 4.57. The maximum Gasteiger partial charge on any atom is 0.272 e. The normalized spacial score (nSPS) is 12.9. The average molecular weight is 379 g/mol. The van der Waals surface area contributed by atoms with E-state index in [0.29, 0.717) is 29.6 Å². The van der Waals surface area contributed by atoms with Crippen molar-refractivity contribution in [3.63, 3.8) is 0 Å². The molecule has 0 spiro atoms. The number of pyridine rings is 1. The van der Waals surface area contributed by atoms with E-state index in [2.05, 4.69) is 25.8 Å². The average Bonchev–Trinajstić information content (AvgIpc) is 3.17. The van der Waals surface area contributed by atoms with Crippen LogP contribution in [0.3, 0.4) is 0 Å². The van der Waals surface area contributed by atoms with Crippen LogP contribution in [0.1, 0.15) is 27.3 Å². The highest BCUT2D eigenvalue weighted by molar-refractivity contribution is 5.94. The van der Waals surface area contributed by atoms with Gasteiger partial charge in [-0.25, -0.2) is 4.98 Å². The molecule has 1 aliphatic heterocycles. The van der Waals surface area contributed by atoms with Gasteiger partial charge in [0.05, 0.1) is 7.11 Å². The minimum absolute atomic E-state index is 0.225. The monoisotopic (exact) mass is 379 g/mol. The van der Waals surface area contributed by atoms with E-state index in [0.717, 1.165) is 29.8 Å². The molecule has 1 amide bonds. The number of hydrogen-bond donors (Lipinski definition) is 3. The number of aromatic nitrogens is 3. The molecule has 0 atom stereocenters. The minimum atomic E-state index is -0.225. The summed E-state index contributed by atoms with van der Waals surface area (Å²) in [6.07, 6.45) is 2.49. The van der Waals surface area contributed by atoms with Crippen molar-refractivity contribution in [2.75, 3.05) is 13.7 Å². The van der Waals surface area contributed by atoms with Crippen LogP contribution in [-0.2, 0) is 19.5 Å². The number of hydrogen-bond acceptors (Lipinski definition) is 6. The highest BCUT2D eigenvalue weighted by atomic mass is 16.5. The number of amides is 1. The molecule has 3 aromatic rings. The Morgan fingerprint density at radius 1 is 1.25 bits per heavy atom. The Morgan fingerprint density at radius 3 is 3.04 bits per heavy atom.